The van der Waals surface area contributed by atoms with Crippen molar-refractivity contribution in [1.29, 1.82) is 0 Å². The van der Waals surface area contributed by atoms with Crippen LogP contribution in [-0.2, 0) is 0 Å². The Balaban J connectivity index is 4.60. The molecule has 16 heavy (non-hydrogen) atoms. The van der Waals surface area contributed by atoms with Crippen LogP contribution in [-0.4, -0.2) is 44.9 Å². The Morgan fingerprint density at radius 1 is 0.750 bits per heavy atom. The molecule has 0 saturated heterocycles. The van der Waals surface area contributed by atoms with Gasteiger partial charge < -0.3 is 0 Å². The zero-order valence-electron chi connectivity index (χ0n) is 10.5. The normalized spacial score (nSPS) is 12.5. The average Bonchev–Trinajstić information content (AvgIpc) is 2.37. The summed E-state index contributed by atoms with van der Waals surface area (Å²) in [5.74, 6) is 0. The summed E-state index contributed by atoms with van der Waals surface area (Å²) >= 11 is 10.3. The summed E-state index contributed by atoms with van der Waals surface area (Å²) < 4.78 is 1.59. The van der Waals surface area contributed by atoms with E-state index in [2.05, 4.69) is 27.7 Å². The smallest absolute Gasteiger partial charge is 0.213 e. The second-order valence-corrected chi connectivity index (χ2v) is 6.60. The highest BCUT2D eigenvalue weighted by atomic mass is 33.1. The monoisotopic (exact) mass is 298 g/mol. The summed E-state index contributed by atoms with van der Waals surface area (Å²) in [5, 5.41) is 0. The molecule has 6 heteroatoms. The van der Waals surface area contributed by atoms with Crippen LogP contribution in [0.25, 0.3) is 0 Å². The minimum atomic E-state index is 0.795. The third kappa shape index (κ3) is 4.23. The number of rotatable bonds is 9. The maximum Gasteiger partial charge on any atom is 0.217 e. The second-order valence-electron chi connectivity index (χ2n) is 3.53. The van der Waals surface area contributed by atoms with Gasteiger partial charge in [-0.2, -0.15) is 0 Å². The first-order valence-corrected chi connectivity index (χ1v) is 8.62. The molecule has 0 heterocycles. The van der Waals surface area contributed by atoms with Crippen LogP contribution < -0.4 is 0 Å². The quantitative estimate of drug-likeness (QED) is 0.274. The molecule has 0 atom stereocenters. The van der Waals surface area contributed by atoms with Gasteiger partial charge in [-0.3, -0.25) is 0 Å². The topological polar surface area (TPSA) is 0 Å². The molecule has 2 nitrogen and oxygen atoms in total. The van der Waals surface area contributed by atoms with Crippen molar-refractivity contribution in [3.8, 4) is 0 Å². The molecule has 0 aliphatic rings. The summed E-state index contributed by atoms with van der Waals surface area (Å²) in [6, 6.07) is 0. The summed E-state index contributed by atoms with van der Waals surface area (Å²) in [6.45, 7) is 12.7. The minimum absolute atomic E-state index is 0.795. The van der Waals surface area contributed by atoms with E-state index in [0.717, 1.165) is 34.0 Å². The van der Waals surface area contributed by atoms with E-state index < -0.39 is 0 Å². The fourth-order valence-electron chi connectivity index (χ4n) is 1.12. The van der Waals surface area contributed by atoms with Crippen LogP contribution in [0.15, 0.2) is 0 Å². The highest BCUT2D eigenvalue weighted by Gasteiger charge is 2.33. The molecule has 0 spiro atoms. The van der Waals surface area contributed by atoms with Crippen LogP contribution in [0, 0.1) is 0 Å². The maximum absolute atomic E-state index is 5.15. The fourth-order valence-corrected chi connectivity index (χ4v) is 5.38. The summed E-state index contributed by atoms with van der Waals surface area (Å²) in [5.41, 5.74) is 3.72. The van der Waals surface area contributed by atoms with Gasteiger partial charge in [0.2, 0.25) is 22.0 Å². The highest BCUT2D eigenvalue weighted by molar-refractivity contribution is 8.72. The number of quaternary nitrogens is 2. The number of thiocarbonyl (C=S) groups is 2. The first kappa shape index (κ1) is 16.8. The first-order valence-electron chi connectivity index (χ1n) is 5.61. The molecular formula is C10H22N2S4+2. The lowest BCUT2D eigenvalue weighted by Crippen LogP contribution is -2.42. The van der Waals surface area contributed by atoms with Crippen molar-refractivity contribution in [3.05, 3.63) is 0 Å². The lowest BCUT2D eigenvalue weighted by atomic mass is 10.6. The largest absolute Gasteiger partial charge is 0.217 e. The number of hydrogen-bond acceptors (Lipinski definition) is 4. The van der Waals surface area contributed by atoms with Crippen LogP contribution in [0.5, 0.6) is 0 Å². The van der Waals surface area contributed by atoms with Crippen molar-refractivity contribution in [2.24, 2.45) is 0 Å². The van der Waals surface area contributed by atoms with E-state index in [4.69, 9.17) is 24.4 Å². The van der Waals surface area contributed by atoms with Gasteiger partial charge >= 0.3 is 0 Å². The van der Waals surface area contributed by atoms with E-state index in [1.54, 1.807) is 0 Å². The molecule has 0 saturated carbocycles. The van der Waals surface area contributed by atoms with Crippen LogP contribution in [0.3, 0.4) is 0 Å². The molecule has 0 radical (unpaired) electrons. The van der Waals surface area contributed by atoms with E-state index in [0.29, 0.717) is 0 Å². The predicted octanol–water partition coefficient (Wildman–Crippen LogP) is 3.83. The summed E-state index contributed by atoms with van der Waals surface area (Å²) in [6.07, 6.45) is 0. The van der Waals surface area contributed by atoms with Crippen LogP contribution in [0.4, 0.5) is 0 Å². The van der Waals surface area contributed by atoms with E-state index in [9.17, 15) is 0 Å². The SMILES string of the molecule is CC[N+](C=S)(CC)SS[N+](C=S)(CC)CC. The van der Waals surface area contributed by atoms with Crippen molar-refractivity contribution in [2.45, 2.75) is 27.7 Å². The molecule has 0 bridgehead atoms. The third-order valence-corrected chi connectivity index (χ3v) is 7.81. The van der Waals surface area contributed by atoms with Crippen LogP contribution in [0.1, 0.15) is 27.7 Å². The predicted molar refractivity (Wildman–Crippen MR) is 85.2 cm³/mol. The van der Waals surface area contributed by atoms with E-state index in [1.165, 1.54) is 0 Å². The van der Waals surface area contributed by atoms with Gasteiger partial charge in [0.05, 0.1) is 26.2 Å². The minimum Gasteiger partial charge on any atom is -0.213 e. The summed E-state index contributed by atoms with van der Waals surface area (Å²) in [4.78, 5) is 0. The third-order valence-electron chi connectivity index (χ3n) is 2.86. The van der Waals surface area contributed by atoms with Gasteiger partial charge in [0, 0.05) is 0 Å². The molecule has 0 rings (SSSR count). The molecule has 0 amide bonds. The van der Waals surface area contributed by atoms with Crippen molar-refractivity contribution < 1.29 is 7.78 Å². The van der Waals surface area contributed by atoms with Crippen molar-refractivity contribution in [2.75, 3.05) is 26.2 Å². The Hall–Kier alpha value is 0.800. The molecule has 0 aromatic heterocycles. The first-order chi connectivity index (χ1) is 7.57. The van der Waals surface area contributed by atoms with E-state index in [1.807, 2.05) is 32.9 Å². The number of hydrogen-bond donors (Lipinski definition) is 0. The molecule has 0 aliphatic carbocycles. The van der Waals surface area contributed by atoms with Gasteiger partial charge in [0.1, 0.15) is 0 Å². The molecule has 0 aromatic rings. The fraction of sp³-hybridized carbons (Fsp3) is 0.800. The molecule has 0 aromatic carbocycles. The van der Waals surface area contributed by atoms with Gasteiger partial charge in [-0.15, -0.1) is 0 Å². The van der Waals surface area contributed by atoms with Crippen LogP contribution in [0.2, 0.25) is 0 Å². The average molecular weight is 299 g/mol. The van der Waals surface area contributed by atoms with E-state index >= 15 is 0 Å². The Morgan fingerprint density at radius 2 is 1.00 bits per heavy atom. The Kier molecular flexibility index (Phi) is 8.40. The van der Waals surface area contributed by atoms with Gasteiger partial charge in [0.25, 0.3) is 0 Å². The standard InChI is InChI=1S/C10H22N2S4/c1-5-11(6-2,9-13)15-16-12(7-3,8-4)10-14/h9-10H,5-8H2,1-4H3/q+2. The Morgan fingerprint density at radius 3 is 1.12 bits per heavy atom. The van der Waals surface area contributed by atoms with Crippen molar-refractivity contribution >= 4 is 57.4 Å². The van der Waals surface area contributed by atoms with Crippen molar-refractivity contribution in [1.82, 2.24) is 0 Å². The lowest BCUT2D eigenvalue weighted by molar-refractivity contribution is -0.692. The summed E-state index contributed by atoms with van der Waals surface area (Å²) in [7, 11) is 3.64. The molecule has 0 unspecified atom stereocenters. The molecular weight excluding hydrogens is 276 g/mol. The van der Waals surface area contributed by atoms with Gasteiger partial charge in [-0.1, -0.05) is 0 Å². The van der Waals surface area contributed by atoms with Gasteiger partial charge in [-0.05, 0) is 52.1 Å². The van der Waals surface area contributed by atoms with E-state index in [-0.39, 0.29) is 0 Å². The van der Waals surface area contributed by atoms with Gasteiger partial charge in [0.15, 0.2) is 11.0 Å². The Bertz CT molecular complexity index is 201. The zero-order chi connectivity index (χ0) is 12.7. The van der Waals surface area contributed by atoms with Crippen molar-refractivity contribution in [3.63, 3.8) is 0 Å². The number of nitrogens with zero attached hydrogens (tertiary/aromatic N) is 2. The Labute approximate surface area is 119 Å². The maximum atomic E-state index is 5.15. The molecule has 0 N–H and O–H groups in total. The second kappa shape index (κ2) is 8.00. The van der Waals surface area contributed by atoms with Gasteiger partial charge in [-0.25, -0.2) is 7.78 Å². The lowest BCUT2D eigenvalue weighted by Gasteiger charge is -2.32. The molecule has 0 fully saturated rings. The highest BCUT2D eigenvalue weighted by Crippen LogP contribution is 2.39. The van der Waals surface area contributed by atoms with Crippen LogP contribution >= 0.6 is 46.4 Å². The molecule has 94 valence electrons. The molecule has 0 aliphatic heterocycles. The zero-order valence-corrected chi connectivity index (χ0v) is 13.8.